The van der Waals surface area contributed by atoms with E-state index in [1.54, 1.807) is 29.3 Å². The summed E-state index contributed by atoms with van der Waals surface area (Å²) in [5, 5.41) is 0. The lowest BCUT2D eigenvalue weighted by Gasteiger charge is -2.21. The van der Waals surface area contributed by atoms with E-state index in [1.807, 2.05) is 17.0 Å². The smallest absolute Gasteiger partial charge is 0.202 e. The molecule has 19 heavy (non-hydrogen) atoms. The summed E-state index contributed by atoms with van der Waals surface area (Å²) in [5.74, 6) is 1.51. The van der Waals surface area contributed by atoms with E-state index in [0.29, 0.717) is 0 Å². The molecule has 0 amide bonds. The molecule has 0 aliphatic carbocycles. The van der Waals surface area contributed by atoms with Crippen molar-refractivity contribution in [3.63, 3.8) is 0 Å². The van der Waals surface area contributed by atoms with Gasteiger partial charge in [0.05, 0.1) is 16.7 Å². The standard InChI is InChI=1S/C14H15N2O2S/c1-2-3-5-14-16(13-6-4-7-17-13)9-11(18-14)12-8-15-10-19-12/h4,6-8,10,14H,2-3,5H2,1H3. The fraction of sp³-hybridized carbons (Fsp3) is 0.357. The van der Waals surface area contributed by atoms with E-state index in [1.165, 1.54) is 0 Å². The number of aromatic nitrogens is 1. The third kappa shape index (κ3) is 2.51. The summed E-state index contributed by atoms with van der Waals surface area (Å²) in [4.78, 5) is 7.01. The van der Waals surface area contributed by atoms with Crippen LogP contribution in [0.2, 0.25) is 0 Å². The van der Waals surface area contributed by atoms with Crippen molar-refractivity contribution in [2.75, 3.05) is 4.90 Å². The Bertz CT molecular complexity index is 534. The van der Waals surface area contributed by atoms with Crippen LogP contribution in [-0.4, -0.2) is 11.2 Å². The zero-order valence-corrected chi connectivity index (χ0v) is 11.5. The Balaban J connectivity index is 1.83. The fourth-order valence-corrected chi connectivity index (χ4v) is 2.57. The first-order chi connectivity index (χ1) is 9.38. The van der Waals surface area contributed by atoms with Crippen molar-refractivity contribution in [1.29, 1.82) is 0 Å². The molecular formula is C14H15N2O2S. The summed E-state index contributed by atoms with van der Waals surface area (Å²) < 4.78 is 11.4. The fourth-order valence-electron chi connectivity index (χ4n) is 2.01. The lowest BCUT2D eigenvalue weighted by Crippen LogP contribution is -2.27. The predicted octanol–water partition coefficient (Wildman–Crippen LogP) is 3.89. The number of anilines is 1. The number of rotatable bonds is 5. The summed E-state index contributed by atoms with van der Waals surface area (Å²) in [6.45, 7) is 2.17. The van der Waals surface area contributed by atoms with E-state index >= 15 is 0 Å². The highest BCUT2D eigenvalue weighted by Gasteiger charge is 2.30. The average molecular weight is 275 g/mol. The minimum atomic E-state index is -0.0387. The van der Waals surface area contributed by atoms with Gasteiger partial charge in [0, 0.05) is 18.7 Å². The molecule has 0 saturated heterocycles. The van der Waals surface area contributed by atoms with E-state index in [9.17, 15) is 0 Å². The normalized spacial score (nSPS) is 18.5. The van der Waals surface area contributed by atoms with Crippen LogP contribution in [0.5, 0.6) is 0 Å². The van der Waals surface area contributed by atoms with Gasteiger partial charge in [-0.15, -0.1) is 11.3 Å². The molecule has 3 rings (SSSR count). The maximum atomic E-state index is 5.99. The molecule has 1 aliphatic rings. The van der Waals surface area contributed by atoms with Crippen LogP contribution in [0.3, 0.4) is 0 Å². The molecule has 2 aromatic heterocycles. The van der Waals surface area contributed by atoms with Crippen LogP contribution >= 0.6 is 11.3 Å². The van der Waals surface area contributed by atoms with Crippen molar-refractivity contribution < 1.29 is 9.15 Å². The summed E-state index contributed by atoms with van der Waals surface area (Å²) in [6.07, 6.45) is 9.89. The number of ether oxygens (including phenoxy) is 1. The van der Waals surface area contributed by atoms with Crippen LogP contribution in [0.4, 0.5) is 5.88 Å². The van der Waals surface area contributed by atoms with Gasteiger partial charge in [0.1, 0.15) is 6.20 Å². The second kappa shape index (κ2) is 5.48. The van der Waals surface area contributed by atoms with Gasteiger partial charge in [-0.3, -0.25) is 9.88 Å². The second-order valence-corrected chi connectivity index (χ2v) is 5.23. The Morgan fingerprint density at radius 2 is 2.47 bits per heavy atom. The van der Waals surface area contributed by atoms with E-state index in [2.05, 4.69) is 18.1 Å². The molecule has 1 aliphatic heterocycles. The molecule has 0 spiro atoms. The first-order valence-corrected chi connectivity index (χ1v) is 7.28. The van der Waals surface area contributed by atoms with Crippen molar-refractivity contribution in [3.8, 4) is 0 Å². The van der Waals surface area contributed by atoms with Gasteiger partial charge in [-0.05, 0) is 12.5 Å². The van der Waals surface area contributed by atoms with E-state index < -0.39 is 0 Å². The highest BCUT2D eigenvalue weighted by molar-refractivity contribution is 7.10. The number of unbranched alkanes of at least 4 members (excludes halogenated alkanes) is 1. The average Bonchev–Trinajstić information content (AvgIpc) is 3.14. The lowest BCUT2D eigenvalue weighted by molar-refractivity contribution is 0.175. The molecule has 0 aromatic carbocycles. The molecule has 3 heterocycles. The Labute approximate surface area is 116 Å². The number of furan rings is 1. The van der Waals surface area contributed by atoms with E-state index in [-0.39, 0.29) is 6.23 Å². The summed E-state index contributed by atoms with van der Waals surface area (Å²) in [7, 11) is 0. The predicted molar refractivity (Wildman–Crippen MR) is 74.3 cm³/mol. The Hall–Kier alpha value is -1.75. The van der Waals surface area contributed by atoms with Crippen molar-refractivity contribution in [3.05, 3.63) is 41.2 Å². The van der Waals surface area contributed by atoms with Crippen LogP contribution in [0.15, 0.2) is 34.5 Å². The van der Waals surface area contributed by atoms with E-state index in [4.69, 9.17) is 9.15 Å². The van der Waals surface area contributed by atoms with Gasteiger partial charge in [0.25, 0.3) is 0 Å². The second-order valence-electron chi connectivity index (χ2n) is 4.34. The van der Waals surface area contributed by atoms with Crippen molar-refractivity contribution in [2.45, 2.75) is 32.4 Å². The number of nitrogens with zero attached hydrogens (tertiary/aromatic N) is 2. The number of thiazole rings is 1. The molecule has 0 bridgehead atoms. The Morgan fingerprint density at radius 1 is 1.53 bits per heavy atom. The molecule has 4 nitrogen and oxygen atoms in total. The van der Waals surface area contributed by atoms with E-state index in [0.717, 1.165) is 35.8 Å². The molecule has 0 saturated carbocycles. The highest BCUT2D eigenvalue weighted by Crippen LogP contribution is 2.33. The summed E-state index contributed by atoms with van der Waals surface area (Å²) in [5.41, 5.74) is 1.80. The highest BCUT2D eigenvalue weighted by atomic mass is 32.1. The van der Waals surface area contributed by atoms with Gasteiger partial charge in [-0.2, -0.15) is 0 Å². The molecule has 1 unspecified atom stereocenters. The van der Waals surface area contributed by atoms with Crippen molar-refractivity contribution >= 4 is 23.0 Å². The van der Waals surface area contributed by atoms with Gasteiger partial charge in [-0.1, -0.05) is 13.3 Å². The third-order valence-electron chi connectivity index (χ3n) is 2.97. The Morgan fingerprint density at radius 3 is 3.16 bits per heavy atom. The van der Waals surface area contributed by atoms with Gasteiger partial charge < -0.3 is 9.15 Å². The zero-order chi connectivity index (χ0) is 13.1. The minimum absolute atomic E-state index is 0.0387. The van der Waals surface area contributed by atoms with Crippen LogP contribution in [0, 0.1) is 6.20 Å². The summed E-state index contributed by atoms with van der Waals surface area (Å²) >= 11 is 1.55. The van der Waals surface area contributed by atoms with Gasteiger partial charge in [0.15, 0.2) is 12.0 Å². The largest absolute Gasteiger partial charge is 0.466 e. The zero-order valence-electron chi connectivity index (χ0n) is 10.7. The SMILES string of the molecule is CCCCC1OC(c2cncs2)=[C]N1c1ccco1. The molecule has 99 valence electrons. The molecule has 5 heteroatoms. The topological polar surface area (TPSA) is 38.5 Å². The van der Waals surface area contributed by atoms with Gasteiger partial charge >= 0.3 is 0 Å². The molecular weight excluding hydrogens is 260 g/mol. The van der Waals surface area contributed by atoms with Crippen molar-refractivity contribution in [2.24, 2.45) is 0 Å². The quantitative estimate of drug-likeness (QED) is 0.829. The molecule has 1 radical (unpaired) electrons. The van der Waals surface area contributed by atoms with Crippen molar-refractivity contribution in [1.82, 2.24) is 4.98 Å². The first-order valence-electron chi connectivity index (χ1n) is 6.40. The maximum absolute atomic E-state index is 5.99. The van der Waals surface area contributed by atoms with Crippen LogP contribution < -0.4 is 4.90 Å². The van der Waals surface area contributed by atoms with Crippen LogP contribution in [0.1, 0.15) is 31.1 Å². The summed E-state index contributed by atoms with van der Waals surface area (Å²) in [6, 6.07) is 3.80. The molecule has 1 atom stereocenters. The third-order valence-corrected chi connectivity index (χ3v) is 3.74. The maximum Gasteiger partial charge on any atom is 0.202 e. The molecule has 0 N–H and O–H groups in total. The van der Waals surface area contributed by atoms with Gasteiger partial charge in [-0.25, -0.2) is 0 Å². The minimum Gasteiger partial charge on any atom is -0.466 e. The number of hydrogen-bond acceptors (Lipinski definition) is 5. The Kier molecular flexibility index (Phi) is 3.55. The number of hydrogen-bond donors (Lipinski definition) is 0. The monoisotopic (exact) mass is 275 g/mol. The lowest BCUT2D eigenvalue weighted by atomic mass is 10.2. The van der Waals surface area contributed by atoms with Gasteiger partial charge in [0.2, 0.25) is 5.88 Å². The molecule has 2 aromatic rings. The molecule has 0 fully saturated rings. The van der Waals surface area contributed by atoms with Crippen LogP contribution in [-0.2, 0) is 4.74 Å². The first kappa shape index (κ1) is 12.3. The van der Waals surface area contributed by atoms with Crippen LogP contribution in [0.25, 0.3) is 5.76 Å².